The average Bonchev–Trinajstić information content (AvgIpc) is 2.95. The molecule has 5 nitrogen and oxygen atoms in total. The van der Waals surface area contributed by atoms with Crippen LogP contribution in [0.15, 0.2) is 58.6 Å². The smallest absolute Gasteiger partial charge is 0.303 e. The van der Waals surface area contributed by atoms with Crippen molar-refractivity contribution in [3.8, 4) is 0 Å². The average molecular weight is 431 g/mol. The molecule has 1 N–H and O–H groups in total. The van der Waals surface area contributed by atoms with Gasteiger partial charge in [0.1, 0.15) is 9.35 Å². The second-order valence-corrected chi connectivity index (χ2v) is 8.64. The molecule has 0 bridgehead atoms. The fourth-order valence-corrected chi connectivity index (χ4v) is 4.81. The number of rotatable bonds is 8. The molecule has 0 unspecified atom stereocenters. The molecular weight excluding hydrogens is 412 g/mol. The molecule has 0 radical (unpaired) electrons. The molecule has 1 aliphatic heterocycles. The van der Waals surface area contributed by atoms with Crippen molar-refractivity contribution in [1.29, 1.82) is 0 Å². The molecule has 2 aromatic rings. The fraction of sp³-hybridized carbons (Fsp3) is 0.200. The van der Waals surface area contributed by atoms with Crippen LogP contribution in [0.1, 0.15) is 24.0 Å². The highest BCUT2D eigenvalue weighted by Gasteiger charge is 2.31. The lowest BCUT2D eigenvalue weighted by Crippen LogP contribution is -2.29. The number of amides is 1. The predicted molar refractivity (Wildman–Crippen MR) is 117 cm³/mol. The lowest BCUT2D eigenvalue weighted by atomic mass is 10.2. The molecule has 0 saturated carbocycles. The van der Waals surface area contributed by atoms with Gasteiger partial charge in [-0.3, -0.25) is 14.5 Å². The first-order valence-electron chi connectivity index (χ1n) is 8.63. The molecule has 0 spiro atoms. The number of hydrogen-bond donors (Lipinski definition) is 1. The van der Waals surface area contributed by atoms with Crippen LogP contribution >= 0.6 is 35.7 Å². The van der Waals surface area contributed by atoms with E-state index >= 15 is 0 Å². The Morgan fingerprint density at radius 2 is 2.04 bits per heavy atom. The maximum absolute atomic E-state index is 12.7. The fourth-order valence-electron chi connectivity index (χ4n) is 2.58. The van der Waals surface area contributed by atoms with Crippen molar-refractivity contribution in [2.75, 3.05) is 6.54 Å². The summed E-state index contributed by atoms with van der Waals surface area (Å²) >= 11 is 8.16. The van der Waals surface area contributed by atoms with Crippen molar-refractivity contribution in [1.82, 2.24) is 9.88 Å². The van der Waals surface area contributed by atoms with E-state index in [4.69, 9.17) is 17.3 Å². The van der Waals surface area contributed by atoms with E-state index < -0.39 is 5.97 Å². The van der Waals surface area contributed by atoms with Gasteiger partial charge in [-0.15, -0.1) is 11.8 Å². The number of carbonyl (C=O) groups excluding carboxylic acids is 1. The lowest BCUT2D eigenvalue weighted by molar-refractivity contribution is -0.137. The van der Waals surface area contributed by atoms with E-state index in [9.17, 15) is 9.59 Å². The zero-order valence-electron chi connectivity index (χ0n) is 14.9. The number of carboxylic acids is 1. The molecule has 2 heterocycles. The third-order valence-corrected chi connectivity index (χ3v) is 6.42. The number of benzene rings is 1. The van der Waals surface area contributed by atoms with Crippen LogP contribution in [0.4, 0.5) is 0 Å². The van der Waals surface area contributed by atoms with Crippen molar-refractivity contribution < 1.29 is 14.7 Å². The molecule has 28 heavy (non-hydrogen) atoms. The number of aliphatic carboxylic acids is 1. The number of thiocarbonyl (C=S) groups is 1. The Morgan fingerprint density at radius 3 is 2.79 bits per heavy atom. The Labute approximate surface area is 177 Å². The largest absolute Gasteiger partial charge is 0.481 e. The van der Waals surface area contributed by atoms with Gasteiger partial charge in [0, 0.05) is 30.5 Å². The van der Waals surface area contributed by atoms with E-state index in [2.05, 4.69) is 17.1 Å². The van der Waals surface area contributed by atoms with Crippen LogP contribution in [-0.2, 0) is 15.3 Å². The van der Waals surface area contributed by atoms with Gasteiger partial charge in [-0.05, 0) is 24.1 Å². The van der Waals surface area contributed by atoms with Crippen molar-refractivity contribution >= 4 is 58.0 Å². The third kappa shape index (κ3) is 5.43. The SMILES string of the molecule is O=C(O)CCCN1C(=O)C(=Cc2cccnc2SCc2ccccc2)SC1=S. The van der Waals surface area contributed by atoms with Crippen LogP contribution in [0.2, 0.25) is 0 Å². The van der Waals surface area contributed by atoms with Gasteiger partial charge in [-0.25, -0.2) is 4.98 Å². The van der Waals surface area contributed by atoms with Crippen LogP contribution in [0.5, 0.6) is 0 Å². The van der Waals surface area contributed by atoms with Crippen LogP contribution < -0.4 is 0 Å². The summed E-state index contributed by atoms with van der Waals surface area (Å²) in [7, 11) is 0. The second-order valence-electron chi connectivity index (χ2n) is 6.00. The molecule has 0 aliphatic carbocycles. The van der Waals surface area contributed by atoms with Gasteiger partial charge < -0.3 is 5.11 Å². The summed E-state index contributed by atoms with van der Waals surface area (Å²) in [4.78, 5) is 29.8. The highest BCUT2D eigenvalue weighted by molar-refractivity contribution is 8.26. The van der Waals surface area contributed by atoms with Crippen LogP contribution in [0, 0.1) is 0 Å². The highest BCUT2D eigenvalue weighted by atomic mass is 32.2. The third-order valence-electron chi connectivity index (χ3n) is 3.95. The van der Waals surface area contributed by atoms with Gasteiger partial charge in [0.15, 0.2) is 0 Å². The molecule has 1 aromatic carbocycles. The van der Waals surface area contributed by atoms with E-state index in [1.165, 1.54) is 22.2 Å². The van der Waals surface area contributed by atoms with Crippen molar-refractivity contribution in [3.05, 3.63) is 64.7 Å². The number of aromatic nitrogens is 1. The summed E-state index contributed by atoms with van der Waals surface area (Å²) in [6, 6.07) is 13.9. The molecule has 1 aliphatic rings. The van der Waals surface area contributed by atoms with Crippen LogP contribution in [0.3, 0.4) is 0 Å². The molecule has 0 atom stereocenters. The standard InChI is InChI=1S/C20H18N2O3S3/c23-17(24)9-5-11-22-19(25)16(28-20(22)26)12-15-8-4-10-21-18(15)27-13-14-6-2-1-3-7-14/h1-4,6-8,10,12H,5,9,11,13H2,(H,23,24). The first-order valence-corrected chi connectivity index (χ1v) is 10.8. The molecule has 1 fully saturated rings. The van der Waals surface area contributed by atoms with E-state index in [1.54, 1.807) is 18.0 Å². The summed E-state index contributed by atoms with van der Waals surface area (Å²) in [6.07, 6.45) is 3.94. The normalized spacial score (nSPS) is 15.4. The Kier molecular flexibility index (Phi) is 7.24. The van der Waals surface area contributed by atoms with Crippen LogP contribution in [-0.4, -0.2) is 37.7 Å². The van der Waals surface area contributed by atoms with E-state index in [0.29, 0.717) is 22.2 Å². The molecule has 8 heteroatoms. The maximum atomic E-state index is 12.7. The van der Waals surface area contributed by atoms with E-state index in [1.807, 2.05) is 36.4 Å². The van der Waals surface area contributed by atoms with Crippen LogP contribution in [0.25, 0.3) is 6.08 Å². The van der Waals surface area contributed by atoms with E-state index in [0.717, 1.165) is 16.3 Å². The van der Waals surface area contributed by atoms with Gasteiger partial charge in [0.25, 0.3) is 5.91 Å². The topological polar surface area (TPSA) is 70.5 Å². The minimum absolute atomic E-state index is 0.0129. The number of nitrogens with zero attached hydrogens (tertiary/aromatic N) is 2. The second kappa shape index (κ2) is 9.86. The number of pyridine rings is 1. The van der Waals surface area contributed by atoms with Crippen molar-refractivity contribution in [2.24, 2.45) is 0 Å². The van der Waals surface area contributed by atoms with Crippen molar-refractivity contribution in [3.63, 3.8) is 0 Å². The van der Waals surface area contributed by atoms with Gasteiger partial charge >= 0.3 is 5.97 Å². The molecule has 1 aromatic heterocycles. The summed E-state index contributed by atoms with van der Waals surface area (Å²) in [6.45, 7) is 0.316. The Bertz CT molecular complexity index is 916. The maximum Gasteiger partial charge on any atom is 0.303 e. The Morgan fingerprint density at radius 1 is 1.25 bits per heavy atom. The van der Waals surface area contributed by atoms with Gasteiger partial charge in [0.2, 0.25) is 0 Å². The minimum Gasteiger partial charge on any atom is -0.481 e. The van der Waals surface area contributed by atoms with E-state index in [-0.39, 0.29) is 12.3 Å². The summed E-state index contributed by atoms with van der Waals surface area (Å²) in [5, 5.41) is 9.62. The summed E-state index contributed by atoms with van der Waals surface area (Å²) in [5.41, 5.74) is 2.07. The summed E-state index contributed by atoms with van der Waals surface area (Å²) in [5.74, 6) is -0.269. The summed E-state index contributed by atoms with van der Waals surface area (Å²) < 4.78 is 0.462. The number of carbonyl (C=O) groups is 2. The number of thioether (sulfide) groups is 2. The zero-order chi connectivity index (χ0) is 19.9. The molecule has 1 saturated heterocycles. The molecule has 1 amide bonds. The van der Waals surface area contributed by atoms with Gasteiger partial charge in [-0.2, -0.15) is 0 Å². The highest BCUT2D eigenvalue weighted by Crippen LogP contribution is 2.34. The minimum atomic E-state index is -0.878. The lowest BCUT2D eigenvalue weighted by Gasteiger charge is -2.13. The predicted octanol–water partition coefficient (Wildman–Crippen LogP) is 4.44. The van der Waals surface area contributed by atoms with Crippen molar-refractivity contribution in [2.45, 2.75) is 23.6 Å². The molecular formula is C20H18N2O3S3. The Hall–Kier alpha value is -2.16. The quantitative estimate of drug-likeness (QED) is 0.377. The first-order chi connectivity index (χ1) is 13.5. The zero-order valence-corrected chi connectivity index (χ0v) is 17.4. The first kappa shape index (κ1) is 20.6. The Balaban J connectivity index is 1.72. The van der Waals surface area contributed by atoms with Gasteiger partial charge in [0.05, 0.1) is 4.91 Å². The molecule has 144 valence electrons. The monoisotopic (exact) mass is 430 g/mol. The number of carboxylic acid groups (broad SMARTS) is 1. The van der Waals surface area contributed by atoms with Gasteiger partial charge in [-0.1, -0.05) is 60.4 Å². The molecule has 3 rings (SSSR count). The number of hydrogen-bond acceptors (Lipinski definition) is 6.